The molecule has 7 nitrogen and oxygen atoms in total. The van der Waals surface area contributed by atoms with Gasteiger partial charge in [0.1, 0.15) is 0 Å². The number of ether oxygens (including phenoxy) is 1. The molecule has 0 aromatic heterocycles. The van der Waals surface area contributed by atoms with E-state index in [0.717, 1.165) is 0 Å². The number of esters is 1. The number of hydrogen-bond donors (Lipinski definition) is 2. The number of anilines is 2. The average Bonchev–Trinajstić information content (AvgIpc) is 2.38. The summed E-state index contributed by atoms with van der Waals surface area (Å²) in [5.74, 6) is -0.329. The number of benzene rings is 1. The average molecular weight is 267 g/mol. The van der Waals surface area contributed by atoms with Crippen LogP contribution >= 0.6 is 0 Å². The topological polar surface area (TPSA) is 93.5 Å². The van der Waals surface area contributed by atoms with Crippen LogP contribution in [0.5, 0.6) is 0 Å². The number of carbonyl (C=O) groups is 1. The number of nitrogens with one attached hydrogen (secondary N) is 2. The first-order valence-corrected chi connectivity index (χ1v) is 5.91. The maximum atomic E-state index is 11.0. The number of hydrogen-bond acceptors (Lipinski definition) is 6. The fourth-order valence-electron chi connectivity index (χ4n) is 1.54. The van der Waals surface area contributed by atoms with Crippen molar-refractivity contribution < 1.29 is 14.5 Å². The van der Waals surface area contributed by atoms with Gasteiger partial charge in [0.05, 0.1) is 18.5 Å². The Morgan fingerprint density at radius 2 is 1.95 bits per heavy atom. The Balaban J connectivity index is 2.75. The van der Waals surface area contributed by atoms with Crippen LogP contribution < -0.4 is 10.6 Å². The van der Waals surface area contributed by atoms with Gasteiger partial charge in [-0.3, -0.25) is 14.9 Å². The van der Waals surface area contributed by atoms with E-state index in [4.69, 9.17) is 0 Å². The van der Waals surface area contributed by atoms with Gasteiger partial charge in [-0.25, -0.2) is 0 Å². The van der Waals surface area contributed by atoms with E-state index >= 15 is 0 Å². The fourth-order valence-corrected chi connectivity index (χ4v) is 1.54. The van der Waals surface area contributed by atoms with Crippen LogP contribution in [-0.2, 0) is 9.53 Å². The van der Waals surface area contributed by atoms with Gasteiger partial charge in [-0.15, -0.1) is 0 Å². The first kappa shape index (κ1) is 14.7. The van der Waals surface area contributed by atoms with Crippen LogP contribution in [0.2, 0.25) is 0 Å². The van der Waals surface area contributed by atoms with Crippen LogP contribution in [-0.4, -0.2) is 31.1 Å². The maximum Gasteiger partial charge on any atom is 0.307 e. The molecule has 7 heteroatoms. The maximum absolute atomic E-state index is 11.0. The molecule has 104 valence electrons. The molecular weight excluding hydrogens is 250 g/mol. The molecule has 0 saturated carbocycles. The van der Waals surface area contributed by atoms with Crippen LogP contribution in [0.25, 0.3) is 0 Å². The number of nitrogens with zero attached hydrogens (tertiary/aromatic N) is 1. The van der Waals surface area contributed by atoms with Gasteiger partial charge < -0.3 is 15.4 Å². The Morgan fingerprint density at radius 1 is 1.32 bits per heavy atom. The Labute approximate surface area is 111 Å². The molecular formula is C12H17N3O4. The van der Waals surface area contributed by atoms with Crippen molar-refractivity contribution in [3.8, 4) is 0 Å². The minimum Gasteiger partial charge on any atom is -0.469 e. The molecule has 0 aliphatic carbocycles. The van der Waals surface area contributed by atoms with Crippen molar-refractivity contribution in [3.05, 3.63) is 28.3 Å². The third-order valence-electron chi connectivity index (χ3n) is 2.40. The molecule has 0 unspecified atom stereocenters. The van der Waals surface area contributed by atoms with Crippen LogP contribution in [0.4, 0.5) is 17.1 Å². The van der Waals surface area contributed by atoms with Crippen LogP contribution in [0.1, 0.15) is 13.3 Å². The molecule has 0 bridgehead atoms. The highest BCUT2D eigenvalue weighted by atomic mass is 16.6. The second kappa shape index (κ2) is 7.20. The Bertz CT molecular complexity index is 462. The number of non-ortho nitro benzene ring substituents is 1. The summed E-state index contributed by atoms with van der Waals surface area (Å²) in [6, 6.07) is 4.65. The molecule has 0 amide bonds. The standard InChI is InChI=1S/C12H17N3O4/c1-3-13-9-6-10(8-11(7-9)15(17)18)14-5-4-12(16)19-2/h6-8,13-14H,3-5H2,1-2H3. The zero-order valence-electron chi connectivity index (χ0n) is 10.9. The highest BCUT2D eigenvalue weighted by Gasteiger charge is 2.09. The number of rotatable bonds is 7. The zero-order valence-corrected chi connectivity index (χ0v) is 10.9. The monoisotopic (exact) mass is 267 g/mol. The lowest BCUT2D eigenvalue weighted by atomic mass is 10.2. The van der Waals surface area contributed by atoms with Crippen molar-refractivity contribution in [1.82, 2.24) is 0 Å². The second-order valence-electron chi connectivity index (χ2n) is 3.81. The quantitative estimate of drug-likeness (QED) is 0.446. The van der Waals surface area contributed by atoms with E-state index in [-0.39, 0.29) is 18.1 Å². The molecule has 0 saturated heterocycles. The third kappa shape index (κ3) is 4.82. The summed E-state index contributed by atoms with van der Waals surface area (Å²) in [4.78, 5) is 21.3. The van der Waals surface area contributed by atoms with E-state index < -0.39 is 4.92 Å². The molecule has 0 heterocycles. The molecule has 0 aliphatic heterocycles. The summed E-state index contributed by atoms with van der Waals surface area (Å²) < 4.78 is 4.51. The van der Waals surface area contributed by atoms with Crippen molar-refractivity contribution in [2.45, 2.75) is 13.3 Å². The largest absolute Gasteiger partial charge is 0.469 e. The van der Waals surface area contributed by atoms with Crippen molar-refractivity contribution in [2.24, 2.45) is 0 Å². The smallest absolute Gasteiger partial charge is 0.307 e. The Morgan fingerprint density at radius 3 is 2.47 bits per heavy atom. The van der Waals surface area contributed by atoms with Crippen LogP contribution in [0, 0.1) is 10.1 Å². The number of nitro benzene ring substituents is 1. The number of methoxy groups -OCH3 is 1. The summed E-state index contributed by atoms with van der Waals surface area (Å²) >= 11 is 0. The molecule has 0 spiro atoms. The predicted molar refractivity (Wildman–Crippen MR) is 72.4 cm³/mol. The van der Waals surface area contributed by atoms with E-state index in [1.54, 1.807) is 6.07 Å². The summed E-state index contributed by atoms with van der Waals surface area (Å²) in [6.07, 6.45) is 0.204. The fraction of sp³-hybridized carbons (Fsp3) is 0.417. The lowest BCUT2D eigenvalue weighted by molar-refractivity contribution is -0.384. The molecule has 0 fully saturated rings. The summed E-state index contributed by atoms with van der Waals surface area (Å²) in [6.45, 7) is 2.94. The lowest BCUT2D eigenvalue weighted by Gasteiger charge is -2.09. The van der Waals surface area contributed by atoms with Gasteiger partial charge in [0.25, 0.3) is 5.69 Å². The van der Waals surface area contributed by atoms with Gasteiger partial charge >= 0.3 is 5.97 Å². The van der Waals surface area contributed by atoms with E-state index in [9.17, 15) is 14.9 Å². The Kier molecular flexibility index (Phi) is 5.59. The lowest BCUT2D eigenvalue weighted by Crippen LogP contribution is -2.10. The second-order valence-corrected chi connectivity index (χ2v) is 3.81. The van der Waals surface area contributed by atoms with Gasteiger partial charge in [-0.1, -0.05) is 0 Å². The molecule has 0 atom stereocenters. The molecule has 1 aromatic rings. The zero-order chi connectivity index (χ0) is 14.3. The molecule has 2 N–H and O–H groups in total. The van der Waals surface area contributed by atoms with E-state index in [0.29, 0.717) is 24.5 Å². The molecule has 19 heavy (non-hydrogen) atoms. The third-order valence-corrected chi connectivity index (χ3v) is 2.40. The first-order valence-electron chi connectivity index (χ1n) is 5.91. The van der Waals surface area contributed by atoms with Gasteiger partial charge in [0, 0.05) is 36.6 Å². The summed E-state index contributed by atoms with van der Waals surface area (Å²) in [7, 11) is 1.32. The van der Waals surface area contributed by atoms with E-state index in [1.165, 1.54) is 19.2 Å². The molecule has 1 rings (SSSR count). The van der Waals surface area contributed by atoms with E-state index in [2.05, 4.69) is 15.4 Å². The minimum atomic E-state index is -0.452. The molecule has 1 aromatic carbocycles. The van der Waals surface area contributed by atoms with Gasteiger partial charge in [-0.2, -0.15) is 0 Å². The van der Waals surface area contributed by atoms with Crippen molar-refractivity contribution in [3.63, 3.8) is 0 Å². The summed E-state index contributed by atoms with van der Waals surface area (Å²) in [5.41, 5.74) is 1.25. The van der Waals surface area contributed by atoms with Gasteiger partial charge in [0.2, 0.25) is 0 Å². The van der Waals surface area contributed by atoms with Gasteiger partial charge in [0.15, 0.2) is 0 Å². The van der Waals surface area contributed by atoms with E-state index in [1.807, 2.05) is 6.92 Å². The first-order chi connectivity index (χ1) is 9.06. The van der Waals surface area contributed by atoms with Crippen molar-refractivity contribution >= 4 is 23.0 Å². The van der Waals surface area contributed by atoms with Crippen molar-refractivity contribution in [2.75, 3.05) is 30.8 Å². The number of nitro groups is 1. The highest BCUT2D eigenvalue weighted by Crippen LogP contribution is 2.24. The Hall–Kier alpha value is -2.31. The molecule has 0 aliphatic rings. The SMILES string of the molecule is CCNc1cc(NCCC(=O)OC)cc([N+](=O)[O-])c1. The van der Waals surface area contributed by atoms with Crippen LogP contribution in [0.15, 0.2) is 18.2 Å². The molecule has 0 radical (unpaired) electrons. The minimum absolute atomic E-state index is 0.000909. The van der Waals surface area contributed by atoms with Gasteiger partial charge in [-0.05, 0) is 13.0 Å². The van der Waals surface area contributed by atoms with Crippen molar-refractivity contribution in [1.29, 1.82) is 0 Å². The van der Waals surface area contributed by atoms with Crippen LogP contribution in [0.3, 0.4) is 0 Å². The normalized spacial score (nSPS) is 9.79. The predicted octanol–water partition coefficient (Wildman–Crippen LogP) is 2.00. The summed E-state index contributed by atoms with van der Waals surface area (Å²) in [5, 5.41) is 16.8. The highest BCUT2D eigenvalue weighted by molar-refractivity contribution is 5.70. The number of carbonyl (C=O) groups excluding carboxylic acids is 1.